The smallest absolute Gasteiger partial charge is 0.403 e. The van der Waals surface area contributed by atoms with Gasteiger partial charge in [0.05, 0.1) is 19.3 Å². The van der Waals surface area contributed by atoms with Gasteiger partial charge in [-0.2, -0.15) is 0 Å². The van der Waals surface area contributed by atoms with Gasteiger partial charge in [0.1, 0.15) is 12.0 Å². The zero-order chi connectivity index (χ0) is 19.9. The van der Waals surface area contributed by atoms with Crippen LogP contribution < -0.4 is 10.1 Å². The summed E-state index contributed by atoms with van der Waals surface area (Å²) in [5.74, 6) is 0.560. The number of phosphoric acid groups is 1. The summed E-state index contributed by atoms with van der Waals surface area (Å²) in [6.07, 6.45) is 2.41. The highest BCUT2D eigenvalue weighted by atomic mass is 32.1. The average Bonchev–Trinajstić information content (AvgIpc) is 3.10. The second-order valence-corrected chi connectivity index (χ2v) is 8.97. The summed E-state index contributed by atoms with van der Waals surface area (Å²) in [5.41, 5.74) is 2.59. The van der Waals surface area contributed by atoms with E-state index in [0.717, 1.165) is 16.7 Å². The number of H-pyrrole nitrogens is 1. The fourth-order valence-corrected chi connectivity index (χ4v) is 5.06. The third-order valence-electron chi connectivity index (χ3n) is 4.74. The lowest BCUT2D eigenvalue weighted by Crippen LogP contribution is -2.20. The van der Waals surface area contributed by atoms with E-state index in [-0.39, 0.29) is 31.1 Å². The normalized spacial score (nSPS) is 26.6. The van der Waals surface area contributed by atoms with Crippen LogP contribution in [0, 0.1) is 18.6 Å². The fraction of sp³-hybridized carbons (Fsp3) is 0.444. The lowest BCUT2D eigenvalue weighted by atomic mass is 10.1. The van der Waals surface area contributed by atoms with Gasteiger partial charge in [0.2, 0.25) is 0 Å². The average molecular weight is 424 g/mol. The standard InChI is InChI=1S/C18H21N2O6PS/c1-11-7-12(2)17-13(8-11)9-23-27(22,26-17)24-10-14-3-4-16(25-14)20-6-5-15(21)19-18(20)28/h5-8,14,16H,3-4,9-10H2,1-2H3,(H,19,21,28). The molecule has 1 saturated heterocycles. The van der Waals surface area contributed by atoms with Gasteiger partial charge in [-0.15, -0.1) is 0 Å². The van der Waals surface area contributed by atoms with E-state index in [2.05, 4.69) is 4.98 Å². The van der Waals surface area contributed by atoms with Crippen molar-refractivity contribution in [3.05, 3.63) is 56.2 Å². The lowest BCUT2D eigenvalue weighted by molar-refractivity contribution is -0.0256. The molecule has 28 heavy (non-hydrogen) atoms. The molecule has 2 aliphatic heterocycles. The number of hydrogen-bond acceptors (Lipinski definition) is 7. The van der Waals surface area contributed by atoms with Gasteiger partial charge in [-0.3, -0.25) is 23.4 Å². The van der Waals surface area contributed by atoms with Crippen LogP contribution in [-0.4, -0.2) is 22.3 Å². The van der Waals surface area contributed by atoms with Crippen LogP contribution in [0.25, 0.3) is 0 Å². The second kappa shape index (κ2) is 7.57. The maximum atomic E-state index is 12.8. The Kier molecular flexibility index (Phi) is 5.28. The molecule has 150 valence electrons. The first-order valence-electron chi connectivity index (χ1n) is 8.99. The van der Waals surface area contributed by atoms with Gasteiger partial charge in [-0.25, -0.2) is 4.57 Å². The van der Waals surface area contributed by atoms with Gasteiger partial charge in [-0.05, 0) is 44.5 Å². The summed E-state index contributed by atoms with van der Waals surface area (Å²) in [4.78, 5) is 13.9. The number of aromatic nitrogens is 2. The topological polar surface area (TPSA) is 91.8 Å². The van der Waals surface area contributed by atoms with E-state index in [1.165, 1.54) is 6.07 Å². The summed E-state index contributed by atoms with van der Waals surface area (Å²) in [5, 5.41) is 0. The number of aromatic amines is 1. The van der Waals surface area contributed by atoms with Crippen molar-refractivity contribution in [2.75, 3.05) is 6.61 Å². The fourth-order valence-electron chi connectivity index (χ4n) is 3.47. The molecule has 3 unspecified atom stereocenters. The number of rotatable bonds is 4. The molecule has 0 bridgehead atoms. The van der Waals surface area contributed by atoms with Gasteiger partial charge in [0.25, 0.3) is 5.56 Å². The van der Waals surface area contributed by atoms with E-state index >= 15 is 0 Å². The zero-order valence-corrected chi connectivity index (χ0v) is 17.3. The largest absolute Gasteiger partial charge is 0.530 e. The molecule has 0 spiro atoms. The maximum Gasteiger partial charge on any atom is 0.530 e. The minimum Gasteiger partial charge on any atom is -0.403 e. The maximum absolute atomic E-state index is 12.8. The number of nitrogens with one attached hydrogen (secondary N) is 1. The quantitative estimate of drug-likeness (QED) is 0.587. The summed E-state index contributed by atoms with van der Waals surface area (Å²) in [7, 11) is -3.70. The minimum absolute atomic E-state index is 0.0741. The third kappa shape index (κ3) is 3.99. The molecule has 0 radical (unpaired) electrons. The van der Waals surface area contributed by atoms with E-state index in [1.807, 2.05) is 26.0 Å². The molecule has 4 rings (SSSR count). The van der Waals surface area contributed by atoms with Gasteiger partial charge in [-0.1, -0.05) is 17.7 Å². The van der Waals surface area contributed by atoms with Crippen LogP contribution in [-0.2, 0) is 25.0 Å². The Morgan fingerprint density at radius 3 is 2.96 bits per heavy atom. The molecule has 0 amide bonds. The molecule has 0 saturated carbocycles. The first kappa shape index (κ1) is 19.5. The Hall–Kier alpha value is -1.77. The van der Waals surface area contributed by atoms with E-state index < -0.39 is 7.82 Å². The second-order valence-electron chi connectivity index (χ2n) is 6.99. The number of hydrogen-bond donors (Lipinski definition) is 1. The summed E-state index contributed by atoms with van der Waals surface area (Å²) < 4.78 is 37.3. The number of benzene rings is 1. The van der Waals surface area contributed by atoms with Crippen LogP contribution in [0.2, 0.25) is 0 Å². The van der Waals surface area contributed by atoms with Crippen LogP contribution in [0.3, 0.4) is 0 Å². The Morgan fingerprint density at radius 2 is 2.18 bits per heavy atom. The Bertz CT molecular complexity index is 1060. The first-order valence-corrected chi connectivity index (χ1v) is 10.9. The van der Waals surface area contributed by atoms with Gasteiger partial charge in [0.15, 0.2) is 4.77 Å². The molecule has 8 nitrogen and oxygen atoms in total. The molecule has 1 N–H and O–H groups in total. The van der Waals surface area contributed by atoms with E-state index in [0.29, 0.717) is 23.4 Å². The van der Waals surface area contributed by atoms with Crippen LogP contribution in [0.15, 0.2) is 29.2 Å². The van der Waals surface area contributed by atoms with Crippen molar-refractivity contribution in [3.63, 3.8) is 0 Å². The summed E-state index contributed by atoms with van der Waals surface area (Å²) >= 11 is 5.17. The van der Waals surface area contributed by atoms with Crippen LogP contribution in [0.5, 0.6) is 5.75 Å². The van der Waals surface area contributed by atoms with Crippen LogP contribution in [0.4, 0.5) is 0 Å². The van der Waals surface area contributed by atoms with Crippen LogP contribution >= 0.6 is 20.0 Å². The van der Waals surface area contributed by atoms with Crippen LogP contribution in [0.1, 0.15) is 35.8 Å². The predicted octanol–water partition coefficient (Wildman–Crippen LogP) is 3.93. The molecule has 2 aliphatic rings. The third-order valence-corrected chi connectivity index (χ3v) is 6.37. The van der Waals surface area contributed by atoms with Crippen molar-refractivity contribution in [3.8, 4) is 5.75 Å². The number of phosphoric ester groups is 1. The van der Waals surface area contributed by atoms with Crippen molar-refractivity contribution in [1.82, 2.24) is 9.55 Å². The van der Waals surface area contributed by atoms with E-state index in [1.54, 1.807) is 10.8 Å². The van der Waals surface area contributed by atoms with Crippen molar-refractivity contribution in [2.24, 2.45) is 0 Å². The number of fused-ring (bicyclic) bond motifs is 1. The number of nitrogens with zero attached hydrogens (tertiary/aromatic N) is 1. The zero-order valence-electron chi connectivity index (χ0n) is 15.5. The summed E-state index contributed by atoms with van der Waals surface area (Å²) in [6, 6.07) is 5.31. The van der Waals surface area contributed by atoms with Gasteiger partial charge >= 0.3 is 7.82 Å². The van der Waals surface area contributed by atoms with Crippen molar-refractivity contribution in [2.45, 2.75) is 45.6 Å². The molecular formula is C18H21N2O6PS. The van der Waals surface area contributed by atoms with Gasteiger partial charge < -0.3 is 9.26 Å². The van der Waals surface area contributed by atoms with Crippen molar-refractivity contribution >= 4 is 20.0 Å². The molecule has 3 heterocycles. The molecular weight excluding hydrogens is 403 g/mol. The highest BCUT2D eigenvalue weighted by Gasteiger charge is 2.37. The highest BCUT2D eigenvalue weighted by molar-refractivity contribution is 7.71. The van der Waals surface area contributed by atoms with E-state index in [4.69, 9.17) is 30.5 Å². The monoisotopic (exact) mass is 424 g/mol. The number of aryl methyl sites for hydroxylation is 2. The van der Waals surface area contributed by atoms with Crippen molar-refractivity contribution in [1.29, 1.82) is 0 Å². The number of ether oxygens (including phenoxy) is 1. The molecule has 1 fully saturated rings. The van der Waals surface area contributed by atoms with Crippen molar-refractivity contribution < 1.29 is 22.9 Å². The molecule has 1 aromatic carbocycles. The first-order chi connectivity index (χ1) is 13.3. The molecule has 0 aliphatic carbocycles. The Morgan fingerprint density at radius 1 is 1.36 bits per heavy atom. The minimum atomic E-state index is -3.70. The highest BCUT2D eigenvalue weighted by Crippen LogP contribution is 2.55. The molecule has 3 atom stereocenters. The molecule has 10 heteroatoms. The molecule has 2 aromatic rings. The summed E-state index contributed by atoms with van der Waals surface area (Å²) in [6.45, 7) is 4.14. The Balaban J connectivity index is 1.39. The lowest BCUT2D eigenvalue weighted by Gasteiger charge is -2.27. The van der Waals surface area contributed by atoms with Gasteiger partial charge in [0, 0.05) is 17.8 Å². The Labute approximate surface area is 167 Å². The molecule has 1 aromatic heterocycles. The van der Waals surface area contributed by atoms with E-state index in [9.17, 15) is 9.36 Å². The predicted molar refractivity (Wildman–Crippen MR) is 104 cm³/mol. The SMILES string of the molecule is Cc1cc(C)c2c(c1)COP(=O)(OCC1CCC(n3ccc(=O)[nH]c3=S)O1)O2.